The van der Waals surface area contributed by atoms with Crippen molar-refractivity contribution in [3.8, 4) is 0 Å². The first kappa shape index (κ1) is 120. The molecular weight excluding hydrogens is 163 g/mol. The maximum Gasteiger partial charge on any atom is 4.00 e. The van der Waals surface area contributed by atoms with Gasteiger partial charge in [-0.05, 0) is 0 Å². The summed E-state index contributed by atoms with van der Waals surface area (Å²) in [6.07, 6.45) is 0. The van der Waals surface area contributed by atoms with Crippen LogP contribution in [0.25, 0.3) is 0 Å². The molecule has 0 aromatic rings. The molecule has 0 aromatic heterocycles. The number of rotatable bonds is 0. The molecule has 5 heavy (non-hydrogen) atoms. The third-order valence-electron chi connectivity index (χ3n) is 0. The van der Waals surface area contributed by atoms with Crippen LogP contribution in [0, 0.1) is 22.3 Å². The molecule has 0 aliphatic carbocycles. The molecule has 0 N–H and O–H groups in total. The van der Waals surface area contributed by atoms with Crippen LogP contribution in [0.5, 0.6) is 0 Å². The first-order valence-electron chi connectivity index (χ1n) is 0. The van der Waals surface area contributed by atoms with Crippen molar-refractivity contribution in [2.24, 2.45) is 0 Å². The summed E-state index contributed by atoms with van der Waals surface area (Å²) in [7, 11) is 0. The van der Waals surface area contributed by atoms with Crippen molar-refractivity contribution in [1.82, 2.24) is 0 Å². The van der Waals surface area contributed by atoms with Crippen LogP contribution in [-0.2, 0) is 26.2 Å². The van der Waals surface area contributed by atoms with E-state index in [-0.39, 0.29) is 60.9 Å². The number of hydrogen-bond acceptors (Lipinski definition) is 0. The second-order valence-corrected chi connectivity index (χ2v) is 0. The Labute approximate surface area is 60.9 Å². The smallest absolute Gasteiger partial charge is 1.00 e. The predicted octanol–water partition coefficient (Wildman–Crippen LogP) is -1.65. The molecule has 0 spiro atoms. The maximum absolute atomic E-state index is 0. The summed E-state index contributed by atoms with van der Waals surface area (Å²) in [6, 6.07) is 0. The number of hydrogen-bond donors (Lipinski definition) is 0. The SMILES string of the molecule is [CH3-].[CH3-].[CH3-].[Cl-].[Zr+4]. The van der Waals surface area contributed by atoms with Gasteiger partial charge in [0.15, 0.2) is 0 Å². The standard InChI is InChI=1S/3CH3.ClH.Zr/h3*1H3;1H;/q3*-1;;+4/p-1. The van der Waals surface area contributed by atoms with Crippen LogP contribution in [0.3, 0.4) is 0 Å². The van der Waals surface area contributed by atoms with Crippen LogP contribution in [0.2, 0.25) is 0 Å². The Balaban J connectivity index is 0. The normalized spacial score (nSPS) is 0. The molecule has 0 bridgehead atoms. The first-order chi connectivity index (χ1) is 0. The molecule has 0 unspecified atom stereocenters. The van der Waals surface area contributed by atoms with E-state index in [1.165, 1.54) is 0 Å². The van der Waals surface area contributed by atoms with E-state index in [4.69, 9.17) is 0 Å². The molecule has 0 radical (unpaired) electrons. The van der Waals surface area contributed by atoms with Gasteiger partial charge >= 0.3 is 26.2 Å². The predicted molar refractivity (Wildman–Crippen MR) is 19.2 cm³/mol. The van der Waals surface area contributed by atoms with Crippen LogP contribution < -0.4 is 12.4 Å². The molecule has 0 aliphatic rings. The van der Waals surface area contributed by atoms with Gasteiger partial charge in [0, 0.05) is 0 Å². The van der Waals surface area contributed by atoms with Crippen molar-refractivity contribution >= 4 is 0 Å². The molecule has 0 saturated carbocycles. The zero-order valence-electron chi connectivity index (χ0n) is 3.88. The molecule has 0 aliphatic heterocycles. The van der Waals surface area contributed by atoms with Crippen molar-refractivity contribution in [3.05, 3.63) is 22.3 Å². The van der Waals surface area contributed by atoms with Crippen molar-refractivity contribution in [3.63, 3.8) is 0 Å². The number of halogens is 1. The van der Waals surface area contributed by atoms with Crippen LogP contribution >= 0.6 is 0 Å². The zero-order chi connectivity index (χ0) is 0. The van der Waals surface area contributed by atoms with Crippen LogP contribution in [0.15, 0.2) is 0 Å². The minimum atomic E-state index is 0. The zero-order valence-corrected chi connectivity index (χ0v) is 7.09. The largest absolute Gasteiger partial charge is 4.00 e. The van der Waals surface area contributed by atoms with Gasteiger partial charge in [-0.2, -0.15) is 0 Å². The maximum atomic E-state index is 0. The molecule has 2 heteroatoms. The Kier molecular flexibility index (Phi) is 1570. The summed E-state index contributed by atoms with van der Waals surface area (Å²) in [6.45, 7) is 0. The quantitative estimate of drug-likeness (QED) is 0.384. The van der Waals surface area contributed by atoms with Crippen molar-refractivity contribution < 1.29 is 38.6 Å². The van der Waals surface area contributed by atoms with Crippen molar-refractivity contribution in [1.29, 1.82) is 0 Å². The fraction of sp³-hybridized carbons (Fsp3) is 0. The van der Waals surface area contributed by atoms with Gasteiger partial charge in [0.1, 0.15) is 0 Å². The van der Waals surface area contributed by atoms with Gasteiger partial charge in [-0.25, -0.2) is 0 Å². The van der Waals surface area contributed by atoms with Gasteiger partial charge in [0.05, 0.1) is 0 Å². The molecule has 0 saturated heterocycles. The molecule has 0 fully saturated rings. The molecule has 0 aromatic carbocycles. The van der Waals surface area contributed by atoms with E-state index in [0.717, 1.165) is 0 Å². The molecule has 0 heterocycles. The molecule has 0 amide bonds. The Morgan fingerprint density at radius 2 is 0.600 bits per heavy atom. The minimum Gasteiger partial charge on any atom is -1.00 e. The molecule has 0 nitrogen and oxygen atoms in total. The van der Waals surface area contributed by atoms with E-state index in [1.807, 2.05) is 0 Å². The topological polar surface area (TPSA) is 0 Å². The summed E-state index contributed by atoms with van der Waals surface area (Å²) < 4.78 is 0. The van der Waals surface area contributed by atoms with E-state index < -0.39 is 0 Å². The van der Waals surface area contributed by atoms with E-state index in [0.29, 0.717) is 0 Å². The summed E-state index contributed by atoms with van der Waals surface area (Å²) in [5.74, 6) is 0. The van der Waals surface area contributed by atoms with E-state index in [1.54, 1.807) is 0 Å². The van der Waals surface area contributed by atoms with Gasteiger partial charge in [-0.1, -0.05) is 0 Å². The third kappa shape index (κ3) is 37.8. The second-order valence-electron chi connectivity index (χ2n) is 0. The average molecular weight is 172 g/mol. The van der Waals surface area contributed by atoms with E-state index in [9.17, 15) is 0 Å². The first-order valence-corrected chi connectivity index (χ1v) is 0. The molecule has 32 valence electrons. The minimum absolute atomic E-state index is 0. The van der Waals surface area contributed by atoms with Gasteiger partial charge in [-0.15, -0.1) is 0 Å². The van der Waals surface area contributed by atoms with Crippen LogP contribution in [0.1, 0.15) is 0 Å². The fourth-order valence-electron chi connectivity index (χ4n) is 0. The summed E-state index contributed by atoms with van der Waals surface area (Å²) >= 11 is 0. The Hall–Kier alpha value is 1.17. The van der Waals surface area contributed by atoms with E-state index >= 15 is 0 Å². The van der Waals surface area contributed by atoms with Gasteiger partial charge in [-0.3, -0.25) is 0 Å². The Morgan fingerprint density at radius 1 is 0.600 bits per heavy atom. The molecule has 0 rings (SSSR count). The monoisotopic (exact) mass is 170 g/mol. The van der Waals surface area contributed by atoms with Crippen molar-refractivity contribution in [2.45, 2.75) is 0 Å². The second kappa shape index (κ2) is 65.5. The molecular formula is C3H9ClZr. The van der Waals surface area contributed by atoms with Gasteiger partial charge in [0.2, 0.25) is 0 Å². The molecule has 0 atom stereocenters. The summed E-state index contributed by atoms with van der Waals surface area (Å²) in [5, 5.41) is 0. The van der Waals surface area contributed by atoms with Gasteiger partial charge < -0.3 is 34.7 Å². The van der Waals surface area contributed by atoms with Crippen LogP contribution in [0.4, 0.5) is 0 Å². The summed E-state index contributed by atoms with van der Waals surface area (Å²) in [5.41, 5.74) is 0. The third-order valence-corrected chi connectivity index (χ3v) is 0. The fourth-order valence-corrected chi connectivity index (χ4v) is 0. The Bertz CT molecular complexity index is 6.85. The average Bonchev–Trinajstić information content (AvgIpc) is 0. The van der Waals surface area contributed by atoms with Crippen molar-refractivity contribution in [2.75, 3.05) is 0 Å². The Morgan fingerprint density at radius 3 is 0.600 bits per heavy atom. The van der Waals surface area contributed by atoms with Crippen LogP contribution in [-0.4, -0.2) is 0 Å². The van der Waals surface area contributed by atoms with E-state index in [2.05, 4.69) is 0 Å². The van der Waals surface area contributed by atoms with Gasteiger partial charge in [0.25, 0.3) is 0 Å². The summed E-state index contributed by atoms with van der Waals surface area (Å²) in [4.78, 5) is 0.